The molecule has 45 heavy (non-hydrogen) atoms. The Balaban J connectivity index is 1.32. The smallest absolute Gasteiger partial charge is 0.291 e. The number of rotatable bonds is 12. The second-order valence-corrected chi connectivity index (χ2v) is 11.0. The van der Waals surface area contributed by atoms with Crippen molar-refractivity contribution in [3.63, 3.8) is 0 Å². The monoisotopic (exact) mass is 617 g/mol. The van der Waals surface area contributed by atoms with Crippen LogP contribution in [0.4, 0.5) is 0 Å². The molecule has 10 heteroatoms. The minimum absolute atomic E-state index is 0.243. The molecule has 226 valence electrons. The molecule has 0 aliphatic carbocycles. The van der Waals surface area contributed by atoms with Crippen LogP contribution >= 0.6 is 11.3 Å². The highest BCUT2D eigenvalue weighted by molar-refractivity contribution is 7.15. The second-order valence-electron chi connectivity index (χ2n) is 10.0. The van der Waals surface area contributed by atoms with E-state index in [0.29, 0.717) is 40.0 Å². The predicted molar refractivity (Wildman–Crippen MR) is 178 cm³/mol. The third-order valence-corrected chi connectivity index (χ3v) is 7.78. The van der Waals surface area contributed by atoms with Crippen LogP contribution < -0.4 is 24.3 Å². The van der Waals surface area contributed by atoms with Crippen LogP contribution in [0.5, 0.6) is 17.2 Å². The summed E-state index contributed by atoms with van der Waals surface area (Å²) in [6.45, 7) is 6.80. The van der Waals surface area contributed by atoms with Crippen molar-refractivity contribution >= 4 is 34.5 Å². The highest BCUT2D eigenvalue weighted by Crippen LogP contribution is 2.29. The van der Waals surface area contributed by atoms with Gasteiger partial charge in [0.15, 0.2) is 17.3 Å². The topological polar surface area (TPSA) is 92.8 Å². The maximum atomic E-state index is 13.4. The molecule has 0 atom stereocenters. The molecule has 0 bridgehead atoms. The second kappa shape index (κ2) is 13.4. The number of benzene rings is 3. The molecule has 6 aromatic rings. The summed E-state index contributed by atoms with van der Waals surface area (Å²) in [5.41, 5.74) is 3.98. The molecular formula is C35H31N5O4S. The molecule has 0 N–H and O–H groups in total. The van der Waals surface area contributed by atoms with E-state index in [1.807, 2.05) is 95.8 Å². The highest BCUT2D eigenvalue weighted by atomic mass is 32.1. The summed E-state index contributed by atoms with van der Waals surface area (Å²) >= 11 is 1.28. The Morgan fingerprint density at radius 2 is 1.78 bits per heavy atom. The first kappa shape index (κ1) is 29.6. The van der Waals surface area contributed by atoms with E-state index in [1.165, 1.54) is 15.9 Å². The number of nitrogens with zero attached hydrogens (tertiary/aromatic N) is 5. The number of para-hydroxylation sites is 1. The summed E-state index contributed by atoms with van der Waals surface area (Å²) in [6, 6.07) is 23.2. The van der Waals surface area contributed by atoms with Crippen molar-refractivity contribution in [1.29, 1.82) is 0 Å². The fourth-order valence-corrected chi connectivity index (χ4v) is 5.55. The molecular weight excluding hydrogens is 586 g/mol. The van der Waals surface area contributed by atoms with E-state index in [0.717, 1.165) is 40.2 Å². The lowest BCUT2D eigenvalue weighted by molar-refractivity contribution is 0.294. The molecule has 0 unspecified atom stereocenters. The van der Waals surface area contributed by atoms with E-state index in [2.05, 4.69) is 23.6 Å². The van der Waals surface area contributed by atoms with Gasteiger partial charge in [0, 0.05) is 17.3 Å². The zero-order chi connectivity index (χ0) is 31.2. The molecule has 0 aliphatic heterocycles. The van der Waals surface area contributed by atoms with E-state index >= 15 is 0 Å². The Kier molecular flexibility index (Phi) is 8.84. The average Bonchev–Trinajstić information content (AvgIpc) is 3.77. The number of aromatic nitrogens is 5. The van der Waals surface area contributed by atoms with E-state index in [1.54, 1.807) is 19.3 Å². The van der Waals surface area contributed by atoms with Crippen molar-refractivity contribution in [2.24, 2.45) is 0 Å². The number of hydrogen-bond acceptors (Lipinski definition) is 8. The Labute approximate surface area is 264 Å². The van der Waals surface area contributed by atoms with Gasteiger partial charge in [0.25, 0.3) is 5.56 Å². The summed E-state index contributed by atoms with van der Waals surface area (Å²) in [4.78, 5) is 18.5. The molecule has 0 aliphatic rings. The normalized spacial score (nSPS) is 11.8. The molecule has 0 radical (unpaired) electrons. The van der Waals surface area contributed by atoms with Crippen LogP contribution in [-0.2, 0) is 0 Å². The number of ether oxygens (including phenoxy) is 3. The van der Waals surface area contributed by atoms with Crippen molar-refractivity contribution in [2.75, 3.05) is 20.3 Å². The molecule has 0 saturated carbocycles. The number of hydrogen-bond donors (Lipinski definition) is 0. The van der Waals surface area contributed by atoms with Crippen molar-refractivity contribution in [3.8, 4) is 34.2 Å². The van der Waals surface area contributed by atoms with Crippen LogP contribution in [-0.4, -0.2) is 44.7 Å². The first-order valence-electron chi connectivity index (χ1n) is 14.5. The van der Waals surface area contributed by atoms with Crippen molar-refractivity contribution in [3.05, 3.63) is 123 Å². The molecule has 0 amide bonds. The van der Waals surface area contributed by atoms with E-state index in [9.17, 15) is 4.79 Å². The van der Waals surface area contributed by atoms with Gasteiger partial charge in [-0.05, 0) is 72.7 Å². The predicted octanol–water partition coefficient (Wildman–Crippen LogP) is 6.08. The highest BCUT2D eigenvalue weighted by Gasteiger charge is 2.14. The lowest BCUT2D eigenvalue weighted by atomic mass is 10.1. The minimum Gasteiger partial charge on any atom is -0.493 e. The van der Waals surface area contributed by atoms with Gasteiger partial charge < -0.3 is 14.2 Å². The van der Waals surface area contributed by atoms with E-state index in [4.69, 9.17) is 19.3 Å². The maximum absolute atomic E-state index is 13.4. The molecule has 3 aromatic heterocycles. The van der Waals surface area contributed by atoms with Crippen LogP contribution in [0.2, 0.25) is 0 Å². The Morgan fingerprint density at radius 1 is 0.956 bits per heavy atom. The van der Waals surface area contributed by atoms with Crippen molar-refractivity contribution in [2.45, 2.75) is 13.3 Å². The summed E-state index contributed by atoms with van der Waals surface area (Å²) in [7, 11) is 1.61. The fraction of sp³-hybridized carbons (Fsp3) is 0.143. The summed E-state index contributed by atoms with van der Waals surface area (Å²) in [5, 5.41) is 9.33. The lowest BCUT2D eigenvalue weighted by Crippen LogP contribution is -2.23. The zero-order valence-electron chi connectivity index (χ0n) is 24.9. The Hall–Kier alpha value is -5.48. The van der Waals surface area contributed by atoms with Crippen LogP contribution in [0, 0.1) is 0 Å². The quantitative estimate of drug-likeness (QED) is 0.154. The third kappa shape index (κ3) is 6.56. The van der Waals surface area contributed by atoms with Crippen LogP contribution in [0.25, 0.3) is 40.1 Å². The molecule has 0 spiro atoms. The van der Waals surface area contributed by atoms with Crippen molar-refractivity contribution < 1.29 is 14.2 Å². The fourth-order valence-electron chi connectivity index (χ4n) is 4.64. The average molecular weight is 618 g/mol. The Morgan fingerprint density at radius 3 is 2.51 bits per heavy atom. The molecule has 0 fully saturated rings. The summed E-state index contributed by atoms with van der Waals surface area (Å²) in [6.07, 6.45) is 10.0. The van der Waals surface area contributed by atoms with Gasteiger partial charge in [-0.1, -0.05) is 61.3 Å². The number of thiazole rings is 1. The van der Waals surface area contributed by atoms with Gasteiger partial charge >= 0.3 is 0 Å². The van der Waals surface area contributed by atoms with Crippen LogP contribution in [0.15, 0.2) is 96.4 Å². The summed E-state index contributed by atoms with van der Waals surface area (Å²) < 4.78 is 20.5. The molecule has 3 heterocycles. The first-order chi connectivity index (χ1) is 22.1. The van der Waals surface area contributed by atoms with Gasteiger partial charge in [0.1, 0.15) is 18.1 Å². The minimum atomic E-state index is -0.243. The Bertz CT molecular complexity index is 2080. The molecule has 6 rings (SSSR count). The number of methoxy groups -OCH3 is 1. The first-order valence-corrected chi connectivity index (χ1v) is 15.3. The van der Waals surface area contributed by atoms with E-state index < -0.39 is 0 Å². The zero-order valence-corrected chi connectivity index (χ0v) is 25.7. The number of fused-ring (bicyclic) bond motifs is 1. The third-order valence-electron chi connectivity index (χ3n) is 6.82. The molecule has 3 aromatic carbocycles. The van der Waals surface area contributed by atoms with Gasteiger partial charge in [-0.2, -0.15) is 14.6 Å². The van der Waals surface area contributed by atoms with Gasteiger partial charge in [-0.25, -0.2) is 4.68 Å². The van der Waals surface area contributed by atoms with Gasteiger partial charge in [-0.3, -0.25) is 4.79 Å². The lowest BCUT2D eigenvalue weighted by Gasteiger charge is -2.10. The van der Waals surface area contributed by atoms with E-state index in [-0.39, 0.29) is 5.56 Å². The van der Waals surface area contributed by atoms with Crippen molar-refractivity contribution in [1.82, 2.24) is 24.4 Å². The van der Waals surface area contributed by atoms with Gasteiger partial charge in [0.2, 0.25) is 4.96 Å². The molecule has 0 saturated heterocycles. The maximum Gasteiger partial charge on any atom is 0.291 e. The standard InChI is InChI=1S/C35H31N5O4S/c1-4-19-43-28-15-13-25(14-16-28)33-26(23-39(38-33)27-9-7-6-8-10-27)22-31-34(41)40-35(45-31)36-32(37-40)18-12-24-11-17-29(44-20-5-2)30(21-24)42-3/h4,6-18,21-23H,1,5,19-20H2,2-3H3/b18-12+,31-22-. The summed E-state index contributed by atoms with van der Waals surface area (Å²) in [5.74, 6) is 2.52. The largest absolute Gasteiger partial charge is 0.493 e. The van der Waals surface area contributed by atoms with Gasteiger partial charge in [-0.15, -0.1) is 5.10 Å². The molecule has 9 nitrogen and oxygen atoms in total. The SMILES string of the molecule is C=CCOc1ccc(-c2nn(-c3ccccc3)cc2/C=c2\sc3nc(/C=C/c4ccc(OCCC)c(OC)c4)nn3c2=O)cc1. The van der Waals surface area contributed by atoms with Crippen LogP contribution in [0.1, 0.15) is 30.3 Å². The van der Waals surface area contributed by atoms with Gasteiger partial charge in [0.05, 0.1) is 23.9 Å². The van der Waals surface area contributed by atoms with Crippen LogP contribution in [0.3, 0.4) is 0 Å².